The van der Waals surface area contributed by atoms with E-state index in [1.54, 1.807) is 23.1 Å². The van der Waals surface area contributed by atoms with Crippen molar-refractivity contribution in [2.75, 3.05) is 5.32 Å². The molecule has 7 heteroatoms. The number of nitrogens with one attached hydrogen (secondary N) is 1. The van der Waals surface area contributed by atoms with Crippen molar-refractivity contribution >= 4 is 22.5 Å². The zero-order valence-corrected chi connectivity index (χ0v) is 14.3. The van der Waals surface area contributed by atoms with Gasteiger partial charge < -0.3 is 5.32 Å². The molecule has 4 heterocycles. The first-order valence-corrected chi connectivity index (χ1v) is 8.58. The molecule has 27 heavy (non-hydrogen) atoms. The predicted molar refractivity (Wildman–Crippen MR) is 103 cm³/mol. The van der Waals surface area contributed by atoms with Crippen LogP contribution in [0.1, 0.15) is 5.69 Å². The maximum atomic E-state index is 4.74. The summed E-state index contributed by atoms with van der Waals surface area (Å²) >= 11 is 0. The van der Waals surface area contributed by atoms with E-state index in [0.717, 1.165) is 27.8 Å². The Morgan fingerprint density at radius 2 is 1.81 bits per heavy atom. The molecule has 0 atom stereocenters. The summed E-state index contributed by atoms with van der Waals surface area (Å²) in [5.41, 5.74) is 3.40. The Kier molecular flexibility index (Phi) is 3.68. The van der Waals surface area contributed by atoms with Gasteiger partial charge in [-0.1, -0.05) is 18.2 Å². The smallest absolute Gasteiger partial charge is 0.226 e. The fourth-order valence-electron chi connectivity index (χ4n) is 2.96. The van der Waals surface area contributed by atoms with Crippen molar-refractivity contribution in [1.29, 1.82) is 0 Å². The van der Waals surface area contributed by atoms with Crippen LogP contribution in [0.4, 0.5) is 5.95 Å². The van der Waals surface area contributed by atoms with Crippen LogP contribution < -0.4 is 5.32 Å². The summed E-state index contributed by atoms with van der Waals surface area (Å²) in [5.74, 6) is 1.24. The maximum absolute atomic E-state index is 4.74. The Labute approximate surface area is 154 Å². The summed E-state index contributed by atoms with van der Waals surface area (Å²) in [6, 6.07) is 17.6. The van der Waals surface area contributed by atoms with Crippen molar-refractivity contribution in [3.05, 3.63) is 78.9 Å². The monoisotopic (exact) mass is 353 g/mol. The standard InChI is InChI=1S/C20H15N7/c1-2-9-17-16(8-1)19-25-18(14-6-5-10-21-12-14)26-27(19)20(24-17)23-13-15-7-3-4-11-22-15/h1-12H,13H2,(H,23,24). The van der Waals surface area contributed by atoms with Crippen molar-refractivity contribution in [3.63, 3.8) is 0 Å². The molecule has 1 N–H and O–H groups in total. The van der Waals surface area contributed by atoms with Crippen molar-refractivity contribution in [2.45, 2.75) is 6.54 Å². The summed E-state index contributed by atoms with van der Waals surface area (Å²) in [6.45, 7) is 0.545. The van der Waals surface area contributed by atoms with Gasteiger partial charge >= 0.3 is 0 Å². The minimum Gasteiger partial charge on any atom is -0.348 e. The highest BCUT2D eigenvalue weighted by molar-refractivity contribution is 5.92. The quantitative estimate of drug-likeness (QED) is 0.534. The molecule has 0 saturated carbocycles. The van der Waals surface area contributed by atoms with Crippen LogP contribution in [-0.4, -0.2) is 29.5 Å². The number of pyridine rings is 2. The molecule has 0 radical (unpaired) electrons. The predicted octanol–water partition coefficient (Wildman–Crippen LogP) is 3.35. The molecule has 0 spiro atoms. The van der Waals surface area contributed by atoms with Crippen molar-refractivity contribution < 1.29 is 0 Å². The summed E-state index contributed by atoms with van der Waals surface area (Å²) < 4.78 is 1.74. The second-order valence-corrected chi connectivity index (χ2v) is 6.04. The molecular weight excluding hydrogens is 338 g/mol. The minimum absolute atomic E-state index is 0.545. The van der Waals surface area contributed by atoms with E-state index in [1.807, 2.05) is 54.6 Å². The van der Waals surface area contributed by atoms with Gasteiger partial charge in [-0.25, -0.2) is 9.97 Å². The van der Waals surface area contributed by atoms with Gasteiger partial charge in [0.15, 0.2) is 11.5 Å². The number of benzene rings is 1. The number of para-hydroxylation sites is 1. The van der Waals surface area contributed by atoms with E-state index in [2.05, 4.69) is 20.4 Å². The van der Waals surface area contributed by atoms with Gasteiger partial charge in [-0.3, -0.25) is 9.97 Å². The summed E-state index contributed by atoms with van der Waals surface area (Å²) in [4.78, 5) is 18.0. The van der Waals surface area contributed by atoms with Crippen LogP contribution in [0.3, 0.4) is 0 Å². The molecule has 0 fully saturated rings. The SMILES string of the molecule is c1ccc(CNc2nc3ccccc3c3nc(-c4cccnc4)nn23)nc1. The third-order valence-electron chi connectivity index (χ3n) is 4.25. The molecule has 0 amide bonds. The van der Waals surface area contributed by atoms with Gasteiger partial charge in [0.2, 0.25) is 5.95 Å². The van der Waals surface area contributed by atoms with Crippen LogP contribution in [0.25, 0.3) is 27.9 Å². The molecule has 0 unspecified atom stereocenters. The van der Waals surface area contributed by atoms with Gasteiger partial charge in [-0.05, 0) is 36.4 Å². The van der Waals surface area contributed by atoms with E-state index in [0.29, 0.717) is 18.3 Å². The molecule has 0 saturated heterocycles. The van der Waals surface area contributed by atoms with Crippen LogP contribution >= 0.6 is 0 Å². The molecule has 130 valence electrons. The summed E-state index contributed by atoms with van der Waals surface area (Å²) in [5, 5.41) is 8.95. The van der Waals surface area contributed by atoms with Crippen molar-refractivity contribution in [1.82, 2.24) is 29.5 Å². The molecule has 0 aliphatic heterocycles. The minimum atomic E-state index is 0.545. The number of anilines is 1. The van der Waals surface area contributed by atoms with Crippen LogP contribution in [0, 0.1) is 0 Å². The number of hydrogen-bond acceptors (Lipinski definition) is 6. The first-order chi connectivity index (χ1) is 13.4. The summed E-state index contributed by atoms with van der Waals surface area (Å²) in [6.07, 6.45) is 5.26. The van der Waals surface area contributed by atoms with Crippen LogP contribution in [0.15, 0.2) is 73.2 Å². The highest BCUT2D eigenvalue weighted by Crippen LogP contribution is 2.23. The maximum Gasteiger partial charge on any atom is 0.226 e. The third-order valence-corrected chi connectivity index (χ3v) is 4.25. The average Bonchev–Trinajstić information content (AvgIpc) is 3.19. The molecule has 0 bridgehead atoms. The highest BCUT2D eigenvalue weighted by Gasteiger charge is 2.14. The Morgan fingerprint density at radius 3 is 2.67 bits per heavy atom. The van der Waals surface area contributed by atoms with E-state index in [4.69, 9.17) is 9.97 Å². The van der Waals surface area contributed by atoms with Crippen LogP contribution in [0.2, 0.25) is 0 Å². The van der Waals surface area contributed by atoms with E-state index in [-0.39, 0.29) is 0 Å². The van der Waals surface area contributed by atoms with E-state index < -0.39 is 0 Å². The second kappa shape index (κ2) is 6.45. The third kappa shape index (κ3) is 2.85. The number of aromatic nitrogens is 6. The van der Waals surface area contributed by atoms with Gasteiger partial charge in [0.05, 0.1) is 17.8 Å². The lowest BCUT2D eigenvalue weighted by atomic mass is 10.2. The molecule has 1 aromatic carbocycles. The fraction of sp³-hybridized carbons (Fsp3) is 0.0500. The molecule has 5 aromatic rings. The Balaban J connectivity index is 1.65. The lowest BCUT2D eigenvalue weighted by Crippen LogP contribution is -2.08. The van der Waals surface area contributed by atoms with E-state index in [1.165, 1.54) is 0 Å². The molecule has 7 nitrogen and oxygen atoms in total. The average molecular weight is 353 g/mol. The number of hydrogen-bond donors (Lipinski definition) is 1. The Morgan fingerprint density at radius 1 is 0.889 bits per heavy atom. The molecule has 4 aromatic heterocycles. The number of rotatable bonds is 4. The first-order valence-electron chi connectivity index (χ1n) is 8.58. The summed E-state index contributed by atoms with van der Waals surface area (Å²) in [7, 11) is 0. The van der Waals surface area contributed by atoms with Crippen LogP contribution in [-0.2, 0) is 6.54 Å². The Hall–Kier alpha value is -3.87. The normalized spacial score (nSPS) is 11.1. The molecular formula is C20H15N7. The van der Waals surface area contributed by atoms with Gasteiger partial charge in [-0.2, -0.15) is 4.52 Å². The molecule has 0 aliphatic rings. The number of fused-ring (bicyclic) bond motifs is 3. The number of nitrogens with zero attached hydrogens (tertiary/aromatic N) is 6. The second-order valence-electron chi connectivity index (χ2n) is 6.04. The zero-order valence-electron chi connectivity index (χ0n) is 14.3. The highest BCUT2D eigenvalue weighted by atomic mass is 15.4. The lowest BCUT2D eigenvalue weighted by molar-refractivity contribution is 0.910. The lowest BCUT2D eigenvalue weighted by Gasteiger charge is -2.08. The van der Waals surface area contributed by atoms with Crippen LogP contribution in [0.5, 0.6) is 0 Å². The van der Waals surface area contributed by atoms with Gasteiger partial charge in [0, 0.05) is 29.5 Å². The van der Waals surface area contributed by atoms with E-state index in [9.17, 15) is 0 Å². The van der Waals surface area contributed by atoms with Gasteiger partial charge in [-0.15, -0.1) is 5.10 Å². The molecule has 5 rings (SSSR count). The van der Waals surface area contributed by atoms with Gasteiger partial charge in [0.1, 0.15) is 0 Å². The Bertz CT molecular complexity index is 1220. The zero-order chi connectivity index (χ0) is 18.1. The van der Waals surface area contributed by atoms with Crippen molar-refractivity contribution in [2.24, 2.45) is 0 Å². The molecule has 0 aliphatic carbocycles. The fourth-order valence-corrected chi connectivity index (χ4v) is 2.96. The van der Waals surface area contributed by atoms with E-state index >= 15 is 0 Å². The largest absolute Gasteiger partial charge is 0.348 e. The topological polar surface area (TPSA) is 80.9 Å². The van der Waals surface area contributed by atoms with Gasteiger partial charge in [0.25, 0.3) is 0 Å². The first kappa shape index (κ1) is 15.4. The van der Waals surface area contributed by atoms with Crippen molar-refractivity contribution in [3.8, 4) is 11.4 Å².